The van der Waals surface area contributed by atoms with Crippen LogP contribution < -0.4 is 10.0 Å². The van der Waals surface area contributed by atoms with E-state index in [0.717, 1.165) is 24.8 Å². The van der Waals surface area contributed by atoms with Crippen LogP contribution in [0.15, 0.2) is 23.1 Å². The first-order valence-corrected chi connectivity index (χ1v) is 10.5. The zero-order valence-electron chi connectivity index (χ0n) is 16.1. The Morgan fingerprint density at radius 3 is 2.44 bits per heavy atom. The highest BCUT2D eigenvalue weighted by atomic mass is 32.2. The number of sulfonamides is 1. The molecule has 2 N–H and O–H groups in total. The van der Waals surface area contributed by atoms with Crippen molar-refractivity contribution in [1.82, 2.24) is 10.0 Å². The first-order valence-electron chi connectivity index (χ1n) is 8.98. The highest BCUT2D eigenvalue weighted by Crippen LogP contribution is 2.16. The monoisotopic (exact) mass is 368 g/mol. The van der Waals surface area contributed by atoms with Crippen molar-refractivity contribution in [3.8, 4) is 0 Å². The van der Waals surface area contributed by atoms with E-state index in [-0.39, 0.29) is 29.8 Å². The van der Waals surface area contributed by atoms with E-state index in [4.69, 9.17) is 0 Å². The summed E-state index contributed by atoms with van der Waals surface area (Å²) in [6, 6.07) is 5.42. The van der Waals surface area contributed by atoms with Crippen molar-refractivity contribution in [2.45, 2.75) is 71.2 Å². The molecule has 1 aromatic rings. The number of carbonyl (C=O) groups excluding carboxylic acids is 1. The van der Waals surface area contributed by atoms with Gasteiger partial charge in [-0.3, -0.25) is 4.79 Å². The number of amides is 1. The third-order valence-corrected chi connectivity index (χ3v) is 5.71. The van der Waals surface area contributed by atoms with Crippen molar-refractivity contribution in [3.63, 3.8) is 0 Å². The van der Waals surface area contributed by atoms with Gasteiger partial charge in [0.2, 0.25) is 15.9 Å². The van der Waals surface area contributed by atoms with Gasteiger partial charge in [-0.2, -0.15) is 0 Å². The highest BCUT2D eigenvalue weighted by molar-refractivity contribution is 7.89. The summed E-state index contributed by atoms with van der Waals surface area (Å²) in [5.74, 6) is 0.545. The number of hydrogen-bond donors (Lipinski definition) is 2. The van der Waals surface area contributed by atoms with Crippen LogP contribution in [0.2, 0.25) is 0 Å². The second-order valence-electron chi connectivity index (χ2n) is 7.21. The Bertz CT molecular complexity index is 669. The van der Waals surface area contributed by atoms with E-state index < -0.39 is 10.0 Å². The Morgan fingerprint density at radius 1 is 1.12 bits per heavy atom. The van der Waals surface area contributed by atoms with E-state index in [1.54, 1.807) is 19.1 Å². The molecule has 142 valence electrons. The number of nitrogens with one attached hydrogen (secondary N) is 2. The van der Waals surface area contributed by atoms with Crippen molar-refractivity contribution >= 4 is 15.9 Å². The molecule has 5 nitrogen and oxygen atoms in total. The Balaban J connectivity index is 2.43. The molecular weight excluding hydrogens is 336 g/mol. The molecule has 0 saturated carbocycles. The maximum absolute atomic E-state index is 12.4. The largest absolute Gasteiger partial charge is 0.354 e. The van der Waals surface area contributed by atoms with Crippen LogP contribution in [-0.4, -0.2) is 26.9 Å². The molecule has 0 aliphatic heterocycles. The van der Waals surface area contributed by atoms with Crippen LogP contribution in [0.25, 0.3) is 0 Å². The molecule has 25 heavy (non-hydrogen) atoms. The molecule has 0 spiro atoms. The molecular formula is C19H32N2O3S. The van der Waals surface area contributed by atoms with Gasteiger partial charge in [-0.25, -0.2) is 13.1 Å². The first-order chi connectivity index (χ1) is 11.6. The van der Waals surface area contributed by atoms with E-state index in [0.29, 0.717) is 11.5 Å². The summed E-state index contributed by atoms with van der Waals surface area (Å²) < 4.78 is 27.3. The Morgan fingerprint density at radius 2 is 1.80 bits per heavy atom. The SMILES string of the molecule is Cc1ccc(C)c(S(=O)(=O)NCCC(=O)NC(C)CCCC(C)C)c1. The van der Waals surface area contributed by atoms with Crippen molar-refractivity contribution in [1.29, 1.82) is 0 Å². The van der Waals surface area contributed by atoms with Crippen LogP contribution >= 0.6 is 0 Å². The average Bonchev–Trinajstić information content (AvgIpc) is 2.48. The van der Waals surface area contributed by atoms with E-state index in [9.17, 15) is 13.2 Å². The van der Waals surface area contributed by atoms with Gasteiger partial charge in [0.15, 0.2) is 0 Å². The van der Waals surface area contributed by atoms with Crippen LogP contribution in [0.4, 0.5) is 0 Å². The average molecular weight is 369 g/mol. The lowest BCUT2D eigenvalue weighted by atomic mass is 10.0. The summed E-state index contributed by atoms with van der Waals surface area (Å²) in [6.45, 7) is 10.1. The minimum atomic E-state index is -3.59. The van der Waals surface area contributed by atoms with E-state index in [1.165, 1.54) is 0 Å². The second-order valence-corrected chi connectivity index (χ2v) is 8.95. The van der Waals surface area contributed by atoms with E-state index in [2.05, 4.69) is 23.9 Å². The topological polar surface area (TPSA) is 75.3 Å². The summed E-state index contributed by atoms with van der Waals surface area (Å²) in [7, 11) is -3.59. The Kier molecular flexibility index (Phi) is 8.59. The molecule has 1 rings (SSSR count). The summed E-state index contributed by atoms with van der Waals surface area (Å²) in [5.41, 5.74) is 1.58. The van der Waals surface area contributed by atoms with Crippen LogP contribution in [-0.2, 0) is 14.8 Å². The standard InChI is InChI=1S/C19H32N2O3S/c1-14(2)7-6-8-17(5)21-19(22)11-12-20-25(23,24)18-13-15(3)9-10-16(18)4/h9-10,13-14,17,20H,6-8,11-12H2,1-5H3,(H,21,22). The van der Waals surface area contributed by atoms with Gasteiger partial charge in [0.1, 0.15) is 0 Å². The zero-order chi connectivity index (χ0) is 19.0. The molecule has 0 saturated heterocycles. The zero-order valence-corrected chi connectivity index (χ0v) is 16.9. The smallest absolute Gasteiger partial charge is 0.240 e. The second kappa shape index (κ2) is 9.92. The third kappa shape index (κ3) is 8.01. The predicted molar refractivity (Wildman–Crippen MR) is 102 cm³/mol. The summed E-state index contributed by atoms with van der Waals surface area (Å²) in [6.07, 6.45) is 3.31. The van der Waals surface area contributed by atoms with Gasteiger partial charge in [-0.05, 0) is 50.3 Å². The number of benzene rings is 1. The minimum absolute atomic E-state index is 0.0975. The lowest BCUT2D eigenvalue weighted by Gasteiger charge is -2.15. The third-order valence-electron chi connectivity index (χ3n) is 4.10. The molecule has 0 aliphatic carbocycles. The van der Waals surface area contributed by atoms with Gasteiger partial charge in [0.25, 0.3) is 0 Å². The molecule has 1 aromatic carbocycles. The van der Waals surface area contributed by atoms with Crippen molar-refractivity contribution in [3.05, 3.63) is 29.3 Å². The summed E-state index contributed by atoms with van der Waals surface area (Å²) in [4.78, 5) is 12.2. The van der Waals surface area contributed by atoms with Crippen molar-refractivity contribution < 1.29 is 13.2 Å². The Hall–Kier alpha value is -1.40. The van der Waals surface area contributed by atoms with Gasteiger partial charge in [0, 0.05) is 19.0 Å². The molecule has 0 radical (unpaired) electrons. The summed E-state index contributed by atoms with van der Waals surface area (Å²) in [5, 5.41) is 2.93. The number of hydrogen-bond acceptors (Lipinski definition) is 3. The fourth-order valence-corrected chi connectivity index (χ4v) is 3.98. The lowest BCUT2D eigenvalue weighted by Crippen LogP contribution is -2.35. The van der Waals surface area contributed by atoms with Crippen molar-refractivity contribution in [2.24, 2.45) is 5.92 Å². The normalized spacial score (nSPS) is 13.0. The molecule has 1 atom stereocenters. The predicted octanol–water partition coefficient (Wildman–Crippen LogP) is 3.30. The van der Waals surface area contributed by atoms with Gasteiger partial charge >= 0.3 is 0 Å². The molecule has 0 aliphatic rings. The van der Waals surface area contributed by atoms with Crippen LogP contribution in [0, 0.1) is 19.8 Å². The Labute approximate surface area is 152 Å². The molecule has 0 heterocycles. The molecule has 6 heteroatoms. The van der Waals surface area contributed by atoms with E-state index >= 15 is 0 Å². The number of rotatable bonds is 10. The van der Waals surface area contributed by atoms with Gasteiger partial charge in [0.05, 0.1) is 4.90 Å². The fraction of sp³-hybridized carbons (Fsp3) is 0.632. The minimum Gasteiger partial charge on any atom is -0.354 e. The molecule has 0 bridgehead atoms. The summed E-state index contributed by atoms with van der Waals surface area (Å²) >= 11 is 0. The number of aryl methyl sites for hydroxylation is 2. The van der Waals surface area contributed by atoms with Gasteiger partial charge in [-0.15, -0.1) is 0 Å². The first kappa shape index (κ1) is 21.6. The van der Waals surface area contributed by atoms with Gasteiger partial charge < -0.3 is 5.32 Å². The van der Waals surface area contributed by atoms with Crippen LogP contribution in [0.5, 0.6) is 0 Å². The molecule has 0 aromatic heterocycles. The maximum atomic E-state index is 12.4. The van der Waals surface area contributed by atoms with Crippen LogP contribution in [0.3, 0.4) is 0 Å². The maximum Gasteiger partial charge on any atom is 0.240 e. The lowest BCUT2D eigenvalue weighted by molar-refractivity contribution is -0.121. The van der Waals surface area contributed by atoms with Crippen molar-refractivity contribution in [2.75, 3.05) is 6.54 Å². The molecule has 0 fully saturated rings. The highest BCUT2D eigenvalue weighted by Gasteiger charge is 2.17. The van der Waals surface area contributed by atoms with E-state index in [1.807, 2.05) is 19.9 Å². The number of carbonyl (C=O) groups is 1. The fourth-order valence-electron chi connectivity index (χ4n) is 2.62. The van der Waals surface area contributed by atoms with Crippen LogP contribution in [0.1, 0.15) is 57.6 Å². The molecule has 1 unspecified atom stereocenters. The quantitative estimate of drug-likeness (QED) is 0.665. The molecule has 1 amide bonds. The van der Waals surface area contributed by atoms with Gasteiger partial charge in [-0.1, -0.05) is 38.8 Å².